The topological polar surface area (TPSA) is 36.0 Å². The van der Waals surface area contributed by atoms with Gasteiger partial charge in [-0.15, -0.1) is 0 Å². The van der Waals surface area contributed by atoms with Gasteiger partial charge >= 0.3 is 0 Å². The average molecular weight is 243 g/mol. The minimum absolute atomic E-state index is 0.124. The van der Waals surface area contributed by atoms with Crippen LogP contribution in [0, 0.1) is 0 Å². The predicted molar refractivity (Wildman–Crippen MR) is 68.1 cm³/mol. The average Bonchev–Trinajstić information content (AvgIpc) is 2.34. The molecule has 17 heavy (non-hydrogen) atoms. The molecule has 1 heterocycles. The molecule has 0 saturated carbocycles. The summed E-state index contributed by atoms with van der Waals surface area (Å²) in [4.78, 5) is 18.2. The van der Waals surface area contributed by atoms with E-state index in [-0.39, 0.29) is 12.5 Å². The van der Waals surface area contributed by atoms with Crippen LogP contribution >= 0.6 is 0 Å². The van der Waals surface area contributed by atoms with Crippen molar-refractivity contribution in [1.82, 2.24) is 14.7 Å². The SMILES string of the molecule is CCOCC(=O)N1CCN(CCN(C)C)CC1. The number of nitrogens with zero attached hydrogens (tertiary/aromatic N) is 3. The number of ether oxygens (including phenoxy) is 1. The van der Waals surface area contributed by atoms with Gasteiger partial charge < -0.3 is 14.5 Å². The van der Waals surface area contributed by atoms with Crippen LogP contribution in [-0.2, 0) is 9.53 Å². The monoisotopic (exact) mass is 243 g/mol. The van der Waals surface area contributed by atoms with E-state index in [1.807, 2.05) is 11.8 Å². The van der Waals surface area contributed by atoms with Crippen molar-refractivity contribution in [2.24, 2.45) is 0 Å². The summed E-state index contributed by atoms with van der Waals surface area (Å²) >= 11 is 0. The fourth-order valence-electron chi connectivity index (χ4n) is 1.84. The summed E-state index contributed by atoms with van der Waals surface area (Å²) in [6.07, 6.45) is 0. The van der Waals surface area contributed by atoms with E-state index in [2.05, 4.69) is 23.9 Å². The third-order valence-electron chi connectivity index (χ3n) is 3.02. The Morgan fingerprint density at radius 1 is 1.24 bits per heavy atom. The minimum Gasteiger partial charge on any atom is -0.372 e. The number of amides is 1. The Balaban J connectivity index is 2.18. The maximum Gasteiger partial charge on any atom is 0.248 e. The summed E-state index contributed by atoms with van der Waals surface area (Å²) in [7, 11) is 4.17. The number of piperazine rings is 1. The van der Waals surface area contributed by atoms with Crippen molar-refractivity contribution in [3.05, 3.63) is 0 Å². The van der Waals surface area contributed by atoms with Crippen molar-refractivity contribution in [3.63, 3.8) is 0 Å². The molecule has 0 unspecified atom stereocenters. The largest absolute Gasteiger partial charge is 0.372 e. The maximum atomic E-state index is 11.7. The summed E-state index contributed by atoms with van der Waals surface area (Å²) in [6.45, 7) is 8.53. The zero-order valence-electron chi connectivity index (χ0n) is 11.3. The van der Waals surface area contributed by atoms with E-state index in [4.69, 9.17) is 4.74 Å². The van der Waals surface area contributed by atoms with Crippen LogP contribution in [0.1, 0.15) is 6.92 Å². The van der Waals surface area contributed by atoms with Crippen LogP contribution in [0.2, 0.25) is 0 Å². The lowest BCUT2D eigenvalue weighted by Gasteiger charge is -2.35. The highest BCUT2D eigenvalue weighted by Crippen LogP contribution is 2.02. The quantitative estimate of drug-likeness (QED) is 0.643. The lowest BCUT2D eigenvalue weighted by Crippen LogP contribution is -2.50. The molecule has 1 aliphatic heterocycles. The summed E-state index contributed by atoms with van der Waals surface area (Å²) in [5, 5.41) is 0. The molecule has 1 fully saturated rings. The first kappa shape index (κ1) is 14.4. The van der Waals surface area contributed by atoms with E-state index in [0.29, 0.717) is 6.61 Å². The molecule has 0 atom stereocenters. The van der Waals surface area contributed by atoms with Gasteiger partial charge in [-0.1, -0.05) is 0 Å². The Hall–Kier alpha value is -0.650. The van der Waals surface area contributed by atoms with Gasteiger partial charge in [0.25, 0.3) is 0 Å². The highest BCUT2D eigenvalue weighted by molar-refractivity contribution is 5.77. The van der Waals surface area contributed by atoms with Gasteiger partial charge in [0.05, 0.1) is 0 Å². The standard InChI is InChI=1S/C12H25N3O2/c1-4-17-11-12(16)15-9-7-14(8-10-15)6-5-13(2)3/h4-11H2,1-3H3. The second kappa shape index (κ2) is 7.63. The summed E-state index contributed by atoms with van der Waals surface area (Å²) < 4.78 is 5.14. The van der Waals surface area contributed by atoms with Crippen LogP contribution in [0.3, 0.4) is 0 Å². The normalized spacial score (nSPS) is 17.8. The molecule has 1 aliphatic rings. The maximum absolute atomic E-state index is 11.7. The Kier molecular flexibility index (Phi) is 6.47. The number of carbonyl (C=O) groups excluding carboxylic acids is 1. The van der Waals surface area contributed by atoms with Crippen molar-refractivity contribution >= 4 is 5.91 Å². The van der Waals surface area contributed by atoms with Crippen LogP contribution in [0.5, 0.6) is 0 Å². The van der Waals surface area contributed by atoms with Crippen LogP contribution in [0.15, 0.2) is 0 Å². The van der Waals surface area contributed by atoms with Gasteiger partial charge in [-0.2, -0.15) is 0 Å². The Morgan fingerprint density at radius 3 is 2.41 bits per heavy atom. The zero-order valence-corrected chi connectivity index (χ0v) is 11.3. The third kappa shape index (κ3) is 5.48. The zero-order chi connectivity index (χ0) is 12.7. The van der Waals surface area contributed by atoms with Crippen molar-refractivity contribution < 1.29 is 9.53 Å². The fourth-order valence-corrected chi connectivity index (χ4v) is 1.84. The molecular formula is C12H25N3O2. The van der Waals surface area contributed by atoms with Crippen molar-refractivity contribution in [2.75, 3.05) is 66.6 Å². The Bertz CT molecular complexity index is 226. The van der Waals surface area contributed by atoms with E-state index in [1.54, 1.807) is 0 Å². The third-order valence-corrected chi connectivity index (χ3v) is 3.02. The van der Waals surface area contributed by atoms with E-state index >= 15 is 0 Å². The number of likely N-dealkylation sites (N-methyl/N-ethyl adjacent to an activating group) is 1. The predicted octanol–water partition coefficient (Wildman–Crippen LogP) is -0.271. The van der Waals surface area contributed by atoms with E-state index < -0.39 is 0 Å². The molecule has 1 saturated heterocycles. The molecule has 0 aromatic heterocycles. The smallest absolute Gasteiger partial charge is 0.248 e. The van der Waals surface area contributed by atoms with Gasteiger partial charge in [0.15, 0.2) is 0 Å². The van der Waals surface area contributed by atoms with Gasteiger partial charge in [-0.25, -0.2) is 0 Å². The molecule has 0 aliphatic carbocycles. The number of hydrogen-bond acceptors (Lipinski definition) is 4. The highest BCUT2D eigenvalue weighted by Gasteiger charge is 2.20. The van der Waals surface area contributed by atoms with E-state index in [9.17, 15) is 4.79 Å². The number of hydrogen-bond donors (Lipinski definition) is 0. The molecule has 1 amide bonds. The molecule has 1 rings (SSSR count). The molecule has 0 radical (unpaired) electrons. The van der Waals surface area contributed by atoms with Crippen LogP contribution in [-0.4, -0.2) is 87.2 Å². The molecule has 0 spiro atoms. The summed E-state index contributed by atoms with van der Waals surface area (Å²) in [6, 6.07) is 0. The molecular weight excluding hydrogens is 218 g/mol. The molecule has 0 bridgehead atoms. The lowest BCUT2D eigenvalue weighted by molar-refractivity contribution is -0.137. The van der Waals surface area contributed by atoms with Crippen molar-refractivity contribution in [2.45, 2.75) is 6.92 Å². The molecule has 0 aromatic carbocycles. The molecule has 0 N–H and O–H groups in total. The molecule has 5 nitrogen and oxygen atoms in total. The number of carbonyl (C=O) groups is 1. The van der Waals surface area contributed by atoms with E-state index in [0.717, 1.165) is 39.3 Å². The first-order valence-corrected chi connectivity index (χ1v) is 6.36. The highest BCUT2D eigenvalue weighted by atomic mass is 16.5. The summed E-state index contributed by atoms with van der Waals surface area (Å²) in [5.41, 5.74) is 0. The first-order chi connectivity index (χ1) is 8.13. The van der Waals surface area contributed by atoms with Crippen LogP contribution < -0.4 is 0 Å². The van der Waals surface area contributed by atoms with Gasteiger partial charge in [0, 0.05) is 45.9 Å². The molecule has 0 aromatic rings. The molecule has 100 valence electrons. The van der Waals surface area contributed by atoms with Crippen molar-refractivity contribution in [1.29, 1.82) is 0 Å². The lowest BCUT2D eigenvalue weighted by atomic mass is 10.3. The first-order valence-electron chi connectivity index (χ1n) is 6.36. The second-order valence-electron chi connectivity index (χ2n) is 4.66. The summed E-state index contributed by atoms with van der Waals surface area (Å²) in [5.74, 6) is 0.124. The van der Waals surface area contributed by atoms with Gasteiger partial charge in [0.2, 0.25) is 5.91 Å². The second-order valence-corrected chi connectivity index (χ2v) is 4.66. The van der Waals surface area contributed by atoms with Gasteiger partial charge in [-0.05, 0) is 21.0 Å². The van der Waals surface area contributed by atoms with Crippen LogP contribution in [0.25, 0.3) is 0 Å². The Labute approximate surface area is 104 Å². The van der Waals surface area contributed by atoms with E-state index in [1.165, 1.54) is 0 Å². The van der Waals surface area contributed by atoms with Crippen molar-refractivity contribution in [3.8, 4) is 0 Å². The van der Waals surface area contributed by atoms with Gasteiger partial charge in [0.1, 0.15) is 6.61 Å². The van der Waals surface area contributed by atoms with Crippen LogP contribution in [0.4, 0.5) is 0 Å². The van der Waals surface area contributed by atoms with Gasteiger partial charge in [-0.3, -0.25) is 9.69 Å². The Morgan fingerprint density at radius 2 is 1.88 bits per heavy atom. The molecule has 5 heteroatoms. The number of rotatable bonds is 6. The fraction of sp³-hybridized carbons (Fsp3) is 0.917. The minimum atomic E-state index is 0.124.